The molecule has 0 aromatic heterocycles. The largest absolute Gasteiger partial charge is 0.476 e. The Morgan fingerprint density at radius 2 is 1.92 bits per heavy atom. The lowest BCUT2D eigenvalue weighted by Crippen LogP contribution is -2.35. The highest BCUT2D eigenvalue weighted by Crippen LogP contribution is 2.06. The van der Waals surface area contributed by atoms with Gasteiger partial charge in [0.15, 0.2) is 5.70 Å². The Labute approximate surface area is 65.5 Å². The summed E-state index contributed by atoms with van der Waals surface area (Å²) < 4.78 is 0. The Balaban J connectivity index is 3.08. The highest BCUT2D eigenvalue weighted by atomic mass is 16.4. The Morgan fingerprint density at radius 1 is 1.25 bits per heavy atom. The standard InChI is InChI=1S/C4H4N4O4/c9-3(10)1-2(4(11)12)6-8-7-5-1/h(H,5,8)(H,6,7)(H,9,10)(H,11,12). The van der Waals surface area contributed by atoms with Crippen molar-refractivity contribution < 1.29 is 19.8 Å². The van der Waals surface area contributed by atoms with Gasteiger partial charge in [-0.2, -0.15) is 0 Å². The molecular weight excluding hydrogens is 168 g/mol. The van der Waals surface area contributed by atoms with Crippen LogP contribution in [0.2, 0.25) is 0 Å². The predicted octanol–water partition coefficient (Wildman–Crippen LogP) is -1.16. The lowest BCUT2D eigenvalue weighted by atomic mass is 10.3. The summed E-state index contributed by atoms with van der Waals surface area (Å²) in [6.45, 7) is 0. The van der Waals surface area contributed by atoms with Crippen LogP contribution < -0.4 is 11.0 Å². The van der Waals surface area contributed by atoms with E-state index in [1.807, 2.05) is 11.0 Å². The summed E-state index contributed by atoms with van der Waals surface area (Å²) in [4.78, 5) is 20.7. The third-order valence-electron chi connectivity index (χ3n) is 1.03. The van der Waals surface area contributed by atoms with Crippen molar-refractivity contribution in [3.05, 3.63) is 11.4 Å². The van der Waals surface area contributed by atoms with E-state index >= 15 is 0 Å². The summed E-state index contributed by atoms with van der Waals surface area (Å²) in [6.07, 6.45) is 0. The molecule has 12 heavy (non-hydrogen) atoms. The zero-order valence-corrected chi connectivity index (χ0v) is 5.61. The second-order valence-corrected chi connectivity index (χ2v) is 1.77. The van der Waals surface area contributed by atoms with Crippen molar-refractivity contribution >= 4 is 11.9 Å². The van der Waals surface area contributed by atoms with Crippen molar-refractivity contribution in [3.63, 3.8) is 0 Å². The van der Waals surface area contributed by atoms with Gasteiger partial charge in [-0.05, 0) is 0 Å². The highest BCUT2D eigenvalue weighted by molar-refractivity contribution is 5.98. The third kappa shape index (κ3) is 1.31. The van der Waals surface area contributed by atoms with Crippen LogP contribution in [0.3, 0.4) is 0 Å². The Bertz CT molecular complexity index is 293. The number of aliphatic carboxylic acids is 2. The molecule has 0 spiro atoms. The van der Waals surface area contributed by atoms with E-state index in [1.165, 1.54) is 0 Å². The molecule has 0 atom stereocenters. The number of rotatable bonds is 2. The van der Waals surface area contributed by atoms with Crippen LogP contribution in [-0.2, 0) is 9.59 Å². The summed E-state index contributed by atoms with van der Waals surface area (Å²) in [5.74, 6) is -2.87. The lowest BCUT2D eigenvalue weighted by Gasteiger charge is -2.09. The average molecular weight is 172 g/mol. The van der Waals surface area contributed by atoms with E-state index in [2.05, 4.69) is 10.3 Å². The maximum absolute atomic E-state index is 10.3. The molecule has 8 heteroatoms. The Kier molecular flexibility index (Phi) is 1.90. The van der Waals surface area contributed by atoms with Crippen molar-refractivity contribution in [1.82, 2.24) is 11.0 Å². The first-order valence-corrected chi connectivity index (χ1v) is 2.75. The summed E-state index contributed by atoms with van der Waals surface area (Å²) >= 11 is 0. The maximum Gasteiger partial charge on any atom is 0.359 e. The normalized spacial score (nSPS) is 15.0. The minimum Gasteiger partial charge on any atom is -0.476 e. The number of hydrogen-bond acceptors (Lipinski definition) is 6. The monoisotopic (exact) mass is 172 g/mol. The van der Waals surface area contributed by atoms with Crippen LogP contribution in [-0.4, -0.2) is 22.2 Å². The van der Waals surface area contributed by atoms with Gasteiger partial charge in [0.2, 0.25) is 5.70 Å². The van der Waals surface area contributed by atoms with Gasteiger partial charge < -0.3 is 10.2 Å². The molecule has 1 heterocycles. The molecule has 0 bridgehead atoms. The molecule has 0 saturated carbocycles. The third-order valence-corrected chi connectivity index (χ3v) is 1.03. The van der Waals surface area contributed by atoms with Gasteiger partial charge in [-0.25, -0.2) is 15.1 Å². The van der Waals surface area contributed by atoms with Crippen LogP contribution in [0.5, 0.6) is 0 Å². The predicted molar refractivity (Wildman–Crippen MR) is 33.4 cm³/mol. The minimum absolute atomic E-state index is 0.544. The van der Waals surface area contributed by atoms with Crippen LogP contribution in [0.1, 0.15) is 0 Å². The molecule has 0 aromatic carbocycles. The van der Waals surface area contributed by atoms with Crippen molar-refractivity contribution in [2.45, 2.75) is 0 Å². The first-order chi connectivity index (χ1) is 5.63. The van der Waals surface area contributed by atoms with Crippen molar-refractivity contribution in [2.75, 3.05) is 0 Å². The molecule has 1 aliphatic heterocycles. The molecule has 0 aromatic rings. The maximum atomic E-state index is 10.3. The van der Waals surface area contributed by atoms with Crippen LogP contribution in [0.15, 0.2) is 21.7 Å². The number of carboxylic acid groups (broad SMARTS) is 2. The van der Waals surface area contributed by atoms with Gasteiger partial charge in [0.05, 0.1) is 0 Å². The van der Waals surface area contributed by atoms with Crippen molar-refractivity contribution in [3.8, 4) is 0 Å². The van der Waals surface area contributed by atoms with Gasteiger partial charge in [-0.15, -0.1) is 5.11 Å². The zero-order chi connectivity index (χ0) is 9.14. The zero-order valence-electron chi connectivity index (χ0n) is 5.61. The summed E-state index contributed by atoms with van der Waals surface area (Å²) in [7, 11) is 0. The Hall–Kier alpha value is -2.12. The molecule has 64 valence electrons. The fourth-order valence-corrected chi connectivity index (χ4v) is 0.570. The molecule has 8 nitrogen and oxygen atoms in total. The highest BCUT2D eigenvalue weighted by Gasteiger charge is 2.22. The molecule has 0 aliphatic carbocycles. The number of hydrogen-bond donors (Lipinski definition) is 4. The molecule has 1 aliphatic rings. The molecule has 0 fully saturated rings. The van der Waals surface area contributed by atoms with Gasteiger partial charge in [0.25, 0.3) is 0 Å². The smallest absolute Gasteiger partial charge is 0.359 e. The summed E-state index contributed by atoms with van der Waals surface area (Å²) in [5.41, 5.74) is 2.86. The van der Waals surface area contributed by atoms with Gasteiger partial charge in [0, 0.05) is 0 Å². The molecule has 0 radical (unpaired) electrons. The fourth-order valence-electron chi connectivity index (χ4n) is 0.570. The van der Waals surface area contributed by atoms with E-state index in [4.69, 9.17) is 10.2 Å². The lowest BCUT2D eigenvalue weighted by molar-refractivity contribution is -0.136. The van der Waals surface area contributed by atoms with Gasteiger partial charge in [-0.3, -0.25) is 5.43 Å². The summed E-state index contributed by atoms with van der Waals surface area (Å²) in [5, 5.41) is 23.0. The topological polar surface area (TPSA) is 123 Å². The van der Waals surface area contributed by atoms with Crippen LogP contribution >= 0.6 is 0 Å². The van der Waals surface area contributed by atoms with Gasteiger partial charge in [-0.1, -0.05) is 5.22 Å². The van der Waals surface area contributed by atoms with Crippen molar-refractivity contribution in [1.29, 1.82) is 0 Å². The van der Waals surface area contributed by atoms with E-state index in [-0.39, 0.29) is 0 Å². The second-order valence-electron chi connectivity index (χ2n) is 1.77. The quantitative estimate of drug-likeness (QED) is 0.416. The van der Waals surface area contributed by atoms with E-state index in [0.717, 1.165) is 0 Å². The molecule has 4 N–H and O–H groups in total. The van der Waals surface area contributed by atoms with E-state index in [1.54, 1.807) is 0 Å². The SMILES string of the molecule is O=C(O)C1=C(C(=O)O)NNN=N1. The number of carbonyl (C=O) groups is 2. The minimum atomic E-state index is -1.45. The molecule has 0 unspecified atom stereocenters. The van der Waals surface area contributed by atoms with Crippen LogP contribution in [0.25, 0.3) is 0 Å². The second kappa shape index (κ2) is 2.86. The number of nitrogens with zero attached hydrogens (tertiary/aromatic N) is 2. The summed E-state index contributed by atoms with van der Waals surface area (Å²) in [6, 6.07) is 0. The number of carboxylic acids is 2. The number of nitrogens with one attached hydrogen (secondary N) is 2. The first kappa shape index (κ1) is 7.98. The molecule has 0 amide bonds. The average Bonchev–Trinajstić information content (AvgIpc) is 2.04. The Morgan fingerprint density at radius 3 is 2.33 bits per heavy atom. The van der Waals surface area contributed by atoms with E-state index in [0.29, 0.717) is 0 Å². The van der Waals surface area contributed by atoms with Gasteiger partial charge >= 0.3 is 11.9 Å². The fraction of sp³-hybridized carbons (Fsp3) is 0. The van der Waals surface area contributed by atoms with Crippen LogP contribution in [0, 0.1) is 0 Å². The first-order valence-electron chi connectivity index (χ1n) is 2.75. The number of hydrazine groups is 1. The van der Waals surface area contributed by atoms with Gasteiger partial charge in [0.1, 0.15) is 0 Å². The van der Waals surface area contributed by atoms with Crippen LogP contribution in [0.4, 0.5) is 0 Å². The van der Waals surface area contributed by atoms with E-state index < -0.39 is 23.3 Å². The van der Waals surface area contributed by atoms with Crippen molar-refractivity contribution in [2.24, 2.45) is 10.3 Å². The molecular formula is C4H4N4O4. The molecule has 0 saturated heterocycles. The molecule has 1 rings (SSSR count). The van der Waals surface area contributed by atoms with E-state index in [9.17, 15) is 9.59 Å².